The second-order valence-electron chi connectivity index (χ2n) is 17.2. The minimum absolute atomic E-state index is 0.0342. The molecule has 310 valence electrons. The van der Waals surface area contributed by atoms with Gasteiger partial charge in [0, 0.05) is 67.4 Å². The van der Waals surface area contributed by atoms with E-state index in [4.69, 9.17) is 4.74 Å². The largest absolute Gasteiger partial charge is 0.395 e. The number of carbonyl (C=O) groups is 4. The van der Waals surface area contributed by atoms with Crippen LogP contribution in [0, 0.1) is 5.92 Å². The number of hydrogen-bond acceptors (Lipinski definition) is 6. The highest BCUT2D eigenvalue weighted by atomic mass is 28.4. The van der Waals surface area contributed by atoms with Crippen molar-refractivity contribution < 1.29 is 33.1 Å². The molecule has 0 radical (unpaired) electrons. The zero-order chi connectivity index (χ0) is 41.0. The zero-order valence-electron chi connectivity index (χ0n) is 34.3. The van der Waals surface area contributed by atoms with Gasteiger partial charge in [-0.1, -0.05) is 75.1 Å². The fourth-order valence-corrected chi connectivity index (χ4v) is 12.4. The summed E-state index contributed by atoms with van der Waals surface area (Å²) in [6, 6.07) is 23.0. The van der Waals surface area contributed by atoms with Crippen LogP contribution in [0.5, 0.6) is 0 Å². The molecule has 4 aliphatic rings. The number of aliphatic hydroxyl groups excluding tert-OH is 1. The van der Waals surface area contributed by atoms with Crippen molar-refractivity contribution in [2.75, 3.05) is 40.9 Å². The van der Waals surface area contributed by atoms with Gasteiger partial charge >= 0.3 is 0 Å². The predicted molar refractivity (Wildman–Crippen MR) is 227 cm³/mol. The number of hydrogen-bond donors (Lipinski definition) is 1. The van der Waals surface area contributed by atoms with E-state index in [2.05, 4.69) is 0 Å². The SMILES string of the molecule is C[C@@H]1[C@@H]([Si](C)(C)F)[C@H](CC(=O)N(CCO)Cc2ccccc2)O[C@@]12C(=O)N(Cc1cccc(N3CCCCCCC3=O)c1)c1ccc(N3CCCCCCC3=O)cc12. The Kier molecular flexibility index (Phi) is 12.8. The number of carbonyl (C=O) groups excluding carboxylic acids is 4. The molecule has 3 fully saturated rings. The molecule has 0 aliphatic carbocycles. The van der Waals surface area contributed by atoms with E-state index in [1.54, 1.807) is 22.9 Å². The van der Waals surface area contributed by atoms with Crippen molar-refractivity contribution in [1.29, 1.82) is 0 Å². The highest BCUT2D eigenvalue weighted by molar-refractivity contribution is 6.72. The molecule has 4 atom stereocenters. The predicted octanol–water partition coefficient (Wildman–Crippen LogP) is 8.01. The number of rotatable bonds is 11. The topological polar surface area (TPSA) is 111 Å². The summed E-state index contributed by atoms with van der Waals surface area (Å²) in [7, 11) is -3.61. The number of aliphatic hydroxyl groups is 1. The molecule has 12 heteroatoms. The summed E-state index contributed by atoms with van der Waals surface area (Å²) in [5.74, 6) is -1.12. The second-order valence-corrected chi connectivity index (χ2v) is 21.0. The third-order valence-electron chi connectivity index (χ3n) is 12.8. The first-order valence-corrected chi connectivity index (χ1v) is 24.3. The van der Waals surface area contributed by atoms with Gasteiger partial charge in [-0.25, -0.2) is 0 Å². The van der Waals surface area contributed by atoms with Gasteiger partial charge in [-0.15, -0.1) is 0 Å². The van der Waals surface area contributed by atoms with Gasteiger partial charge in [0.1, 0.15) is 0 Å². The van der Waals surface area contributed by atoms with Crippen LogP contribution in [0.25, 0.3) is 0 Å². The molecule has 58 heavy (non-hydrogen) atoms. The number of benzene rings is 3. The van der Waals surface area contributed by atoms with Crippen LogP contribution in [0.15, 0.2) is 72.8 Å². The molecule has 3 aromatic carbocycles. The normalized spacial score (nSPS) is 24.4. The maximum absolute atomic E-state index is 16.8. The molecule has 4 heterocycles. The van der Waals surface area contributed by atoms with Gasteiger partial charge in [0.05, 0.1) is 31.4 Å². The lowest BCUT2D eigenvalue weighted by Gasteiger charge is -2.32. The highest BCUT2D eigenvalue weighted by Crippen LogP contribution is 2.61. The number of nitrogens with zero attached hydrogens (tertiary/aromatic N) is 4. The van der Waals surface area contributed by atoms with E-state index in [0.29, 0.717) is 42.9 Å². The molecule has 3 saturated heterocycles. The molecule has 4 aliphatic heterocycles. The van der Waals surface area contributed by atoms with Crippen molar-refractivity contribution >= 4 is 49.1 Å². The van der Waals surface area contributed by atoms with E-state index in [1.807, 2.05) is 89.5 Å². The molecule has 0 bridgehead atoms. The number of anilines is 3. The van der Waals surface area contributed by atoms with Crippen molar-refractivity contribution in [1.82, 2.24) is 4.90 Å². The molecule has 1 spiro atoms. The molecule has 4 amide bonds. The third-order valence-corrected chi connectivity index (χ3v) is 15.2. The lowest BCUT2D eigenvalue weighted by atomic mass is 9.82. The average molecular weight is 811 g/mol. The van der Waals surface area contributed by atoms with E-state index >= 15 is 8.90 Å². The number of halogens is 1. The Hall–Kier alpha value is -4.39. The summed E-state index contributed by atoms with van der Waals surface area (Å²) in [6.07, 6.45) is 7.55. The second kappa shape index (κ2) is 17.8. The van der Waals surface area contributed by atoms with Crippen LogP contribution in [-0.4, -0.2) is 74.4 Å². The number of fused-ring (bicyclic) bond motifs is 2. The van der Waals surface area contributed by atoms with E-state index < -0.39 is 31.6 Å². The lowest BCUT2D eigenvalue weighted by molar-refractivity contribution is -0.150. The van der Waals surface area contributed by atoms with E-state index in [9.17, 15) is 19.5 Å². The summed E-state index contributed by atoms with van der Waals surface area (Å²) < 4.78 is 23.8. The minimum Gasteiger partial charge on any atom is -0.395 e. The van der Waals surface area contributed by atoms with Gasteiger partial charge in [-0.05, 0) is 80.2 Å². The van der Waals surface area contributed by atoms with Crippen molar-refractivity contribution in [2.24, 2.45) is 5.92 Å². The Morgan fingerprint density at radius 1 is 0.828 bits per heavy atom. The molecule has 10 nitrogen and oxygen atoms in total. The Morgan fingerprint density at radius 3 is 2.09 bits per heavy atom. The highest BCUT2D eigenvalue weighted by Gasteiger charge is 2.67. The molecule has 0 aromatic heterocycles. The molecule has 0 saturated carbocycles. The monoisotopic (exact) mass is 810 g/mol. The van der Waals surface area contributed by atoms with Crippen LogP contribution in [0.3, 0.4) is 0 Å². The van der Waals surface area contributed by atoms with E-state index in [0.717, 1.165) is 68.2 Å². The summed E-state index contributed by atoms with van der Waals surface area (Å²) in [5.41, 5.74) is 2.11. The van der Waals surface area contributed by atoms with Crippen LogP contribution in [0.1, 0.15) is 94.2 Å². The summed E-state index contributed by atoms with van der Waals surface area (Å²) in [5, 5.41) is 9.95. The first kappa shape index (κ1) is 41.8. The van der Waals surface area contributed by atoms with Crippen LogP contribution in [0.2, 0.25) is 18.6 Å². The summed E-state index contributed by atoms with van der Waals surface area (Å²) >= 11 is 0. The fraction of sp³-hybridized carbons (Fsp3) is 0.522. The maximum atomic E-state index is 16.8. The number of amides is 4. The van der Waals surface area contributed by atoms with Crippen molar-refractivity contribution in [3.05, 3.63) is 89.5 Å². The van der Waals surface area contributed by atoms with E-state index in [1.165, 1.54) is 0 Å². The first-order valence-electron chi connectivity index (χ1n) is 21.4. The summed E-state index contributed by atoms with van der Waals surface area (Å²) in [6.45, 7) is 6.66. The fourth-order valence-electron chi connectivity index (χ4n) is 9.95. The molecule has 3 aromatic rings. The Bertz CT molecular complexity index is 1970. The van der Waals surface area contributed by atoms with Crippen LogP contribution in [-0.2, 0) is 42.6 Å². The van der Waals surface area contributed by atoms with Gasteiger partial charge in [0.15, 0.2) is 5.60 Å². The van der Waals surface area contributed by atoms with Crippen molar-refractivity contribution in [3.63, 3.8) is 0 Å². The minimum atomic E-state index is -3.61. The van der Waals surface area contributed by atoms with Crippen molar-refractivity contribution in [3.8, 4) is 0 Å². The molecule has 7 rings (SSSR count). The van der Waals surface area contributed by atoms with Gasteiger partial charge in [0.2, 0.25) is 26.1 Å². The number of ether oxygens (including phenoxy) is 1. The Labute approximate surface area is 343 Å². The van der Waals surface area contributed by atoms with Gasteiger partial charge in [0.25, 0.3) is 5.91 Å². The van der Waals surface area contributed by atoms with Gasteiger partial charge < -0.3 is 33.6 Å². The van der Waals surface area contributed by atoms with Gasteiger partial charge in [-0.3, -0.25) is 19.2 Å². The van der Waals surface area contributed by atoms with Crippen LogP contribution in [0.4, 0.5) is 21.2 Å². The summed E-state index contributed by atoms with van der Waals surface area (Å²) in [4.78, 5) is 63.2. The smallest absolute Gasteiger partial charge is 0.264 e. The van der Waals surface area contributed by atoms with Crippen LogP contribution < -0.4 is 14.7 Å². The molecular formula is C46H59FN4O6Si. The average Bonchev–Trinajstić information content (AvgIpc) is 3.60. The lowest BCUT2D eigenvalue weighted by Crippen LogP contribution is -2.45. The third kappa shape index (κ3) is 8.51. The van der Waals surface area contributed by atoms with Crippen LogP contribution >= 0.6 is 0 Å². The first-order chi connectivity index (χ1) is 27.9. The molecular weight excluding hydrogens is 752 g/mol. The maximum Gasteiger partial charge on any atom is 0.264 e. The van der Waals surface area contributed by atoms with E-state index in [-0.39, 0.29) is 56.3 Å². The Morgan fingerprint density at radius 2 is 1.45 bits per heavy atom. The van der Waals surface area contributed by atoms with Gasteiger partial charge in [-0.2, -0.15) is 0 Å². The zero-order valence-corrected chi connectivity index (χ0v) is 35.3. The molecule has 0 unspecified atom stereocenters. The quantitative estimate of drug-likeness (QED) is 0.155. The Balaban J connectivity index is 1.27. The standard InChI is InChI=1S/C46H59FN4O6Si/c1-33-44(58(2,3)47)40(30-43(55)48(26-27-52)31-34-16-9-8-10-17-34)57-46(33)38-29-37(50-25-14-7-5-12-21-42(50)54)22-23-39(38)51(45(46)56)32-35-18-15-19-36(28-35)49-24-13-6-4-11-20-41(49)53/h8-10,15-19,22-23,28-29,33,40,44,52H,4-7,11-14,20-21,24-27,30-32H2,1-3H3/t33-,40+,44-,46+/m1/s1. The molecule has 1 N–H and O–H groups in total. The van der Waals surface area contributed by atoms with Crippen molar-refractivity contribution in [2.45, 2.75) is 121 Å².